The van der Waals surface area contributed by atoms with Gasteiger partial charge in [-0.25, -0.2) is 15.8 Å². The molecule has 0 saturated carbocycles. The van der Waals surface area contributed by atoms with Crippen LogP contribution in [0.5, 0.6) is 0 Å². The van der Waals surface area contributed by atoms with E-state index in [-0.39, 0.29) is 0 Å². The second-order valence-electron chi connectivity index (χ2n) is 4.18. The van der Waals surface area contributed by atoms with E-state index >= 15 is 0 Å². The minimum absolute atomic E-state index is 0.606. The van der Waals surface area contributed by atoms with Crippen LogP contribution < -0.4 is 11.3 Å². The zero-order chi connectivity index (χ0) is 13.1. The lowest BCUT2D eigenvalue weighted by atomic mass is 10.2. The van der Waals surface area contributed by atoms with Gasteiger partial charge in [-0.3, -0.25) is 4.98 Å². The molecule has 0 amide bonds. The number of aryl methyl sites for hydroxylation is 2. The molecule has 0 aliphatic carbocycles. The molecule has 0 aliphatic rings. The molecule has 0 unspecified atom stereocenters. The van der Waals surface area contributed by atoms with Gasteiger partial charge in [-0.05, 0) is 38.0 Å². The average molecular weight is 243 g/mol. The quantitative estimate of drug-likeness (QED) is 0.637. The van der Waals surface area contributed by atoms with E-state index in [1.54, 1.807) is 6.20 Å². The van der Waals surface area contributed by atoms with Gasteiger partial charge in [-0.15, -0.1) is 0 Å². The molecule has 5 heteroatoms. The molecule has 5 nitrogen and oxygen atoms in total. The summed E-state index contributed by atoms with van der Waals surface area (Å²) in [5.41, 5.74) is 6.48. The Balaban J connectivity index is 2.58. The fourth-order valence-electron chi connectivity index (χ4n) is 1.82. The Morgan fingerprint density at radius 3 is 2.67 bits per heavy atom. The van der Waals surface area contributed by atoms with Crippen molar-refractivity contribution in [2.75, 3.05) is 5.43 Å². The minimum atomic E-state index is 0.606. The van der Waals surface area contributed by atoms with E-state index < -0.39 is 0 Å². The van der Waals surface area contributed by atoms with Gasteiger partial charge in [-0.2, -0.15) is 0 Å². The molecule has 0 aromatic carbocycles. The monoisotopic (exact) mass is 243 g/mol. The van der Waals surface area contributed by atoms with Crippen LogP contribution in [-0.4, -0.2) is 15.0 Å². The standard InChI is InChI=1S/C13H17N5/c1-4-10-9(3)12(18-14)17-13(16-10)11-7-8(2)5-6-15-11/h5-7H,4,14H2,1-3H3,(H,16,17,18). The van der Waals surface area contributed by atoms with E-state index in [1.165, 1.54) is 0 Å². The third kappa shape index (κ3) is 2.31. The first kappa shape index (κ1) is 12.4. The van der Waals surface area contributed by atoms with Crippen molar-refractivity contribution in [3.63, 3.8) is 0 Å². The first-order valence-electron chi connectivity index (χ1n) is 5.92. The number of nitrogens with two attached hydrogens (primary N) is 1. The lowest BCUT2D eigenvalue weighted by molar-refractivity contribution is 0.967. The van der Waals surface area contributed by atoms with Gasteiger partial charge in [0.05, 0.1) is 0 Å². The summed E-state index contributed by atoms with van der Waals surface area (Å²) in [6.07, 6.45) is 2.59. The van der Waals surface area contributed by atoms with Gasteiger partial charge in [0.1, 0.15) is 11.5 Å². The second kappa shape index (κ2) is 5.10. The first-order chi connectivity index (χ1) is 8.65. The molecule has 0 atom stereocenters. The normalized spacial score (nSPS) is 10.4. The third-order valence-electron chi connectivity index (χ3n) is 2.86. The third-order valence-corrected chi connectivity index (χ3v) is 2.86. The highest BCUT2D eigenvalue weighted by atomic mass is 15.3. The molecule has 2 aromatic heterocycles. The summed E-state index contributed by atoms with van der Waals surface area (Å²) >= 11 is 0. The predicted octanol–water partition coefficient (Wildman–Crippen LogP) is 2.00. The molecular weight excluding hydrogens is 226 g/mol. The van der Waals surface area contributed by atoms with Crippen molar-refractivity contribution in [3.05, 3.63) is 35.2 Å². The van der Waals surface area contributed by atoms with Gasteiger partial charge in [0, 0.05) is 17.5 Å². The van der Waals surface area contributed by atoms with Crippen LogP contribution in [0.2, 0.25) is 0 Å². The summed E-state index contributed by atoms with van der Waals surface area (Å²) in [6.45, 7) is 6.03. The van der Waals surface area contributed by atoms with E-state index in [0.29, 0.717) is 11.6 Å². The average Bonchev–Trinajstić information content (AvgIpc) is 2.39. The van der Waals surface area contributed by atoms with Gasteiger partial charge < -0.3 is 5.43 Å². The summed E-state index contributed by atoms with van der Waals surface area (Å²) in [5.74, 6) is 6.75. The van der Waals surface area contributed by atoms with Crippen LogP contribution >= 0.6 is 0 Å². The van der Waals surface area contributed by atoms with Crippen molar-refractivity contribution in [3.8, 4) is 11.5 Å². The molecular formula is C13H17N5. The Kier molecular flexibility index (Phi) is 3.53. The number of hydrogen-bond acceptors (Lipinski definition) is 5. The number of hydrogen-bond donors (Lipinski definition) is 2. The number of nitrogens with zero attached hydrogens (tertiary/aromatic N) is 3. The molecule has 0 fully saturated rings. The van der Waals surface area contributed by atoms with Crippen LogP contribution in [0.1, 0.15) is 23.7 Å². The van der Waals surface area contributed by atoms with Crippen molar-refractivity contribution in [2.45, 2.75) is 27.2 Å². The van der Waals surface area contributed by atoms with Crippen LogP contribution in [0, 0.1) is 13.8 Å². The van der Waals surface area contributed by atoms with Crippen LogP contribution in [0.3, 0.4) is 0 Å². The van der Waals surface area contributed by atoms with Crippen molar-refractivity contribution >= 4 is 5.82 Å². The Bertz CT molecular complexity index is 540. The van der Waals surface area contributed by atoms with E-state index in [4.69, 9.17) is 5.84 Å². The molecule has 3 N–H and O–H groups in total. The second-order valence-corrected chi connectivity index (χ2v) is 4.18. The number of nitrogen functional groups attached to an aromatic ring is 1. The zero-order valence-corrected chi connectivity index (χ0v) is 10.9. The molecule has 0 spiro atoms. The van der Waals surface area contributed by atoms with Crippen molar-refractivity contribution in [1.29, 1.82) is 0 Å². The predicted molar refractivity (Wildman–Crippen MR) is 71.9 cm³/mol. The maximum Gasteiger partial charge on any atom is 0.180 e. The number of rotatable bonds is 3. The number of anilines is 1. The van der Waals surface area contributed by atoms with Gasteiger partial charge in [-0.1, -0.05) is 6.92 Å². The molecule has 2 aromatic rings. The molecule has 0 saturated heterocycles. The zero-order valence-electron chi connectivity index (χ0n) is 10.9. The van der Waals surface area contributed by atoms with Gasteiger partial charge >= 0.3 is 0 Å². The first-order valence-corrected chi connectivity index (χ1v) is 5.92. The van der Waals surface area contributed by atoms with Gasteiger partial charge in [0.2, 0.25) is 0 Å². The number of hydrazine groups is 1. The summed E-state index contributed by atoms with van der Waals surface area (Å²) < 4.78 is 0. The lowest BCUT2D eigenvalue weighted by Gasteiger charge is -2.10. The topological polar surface area (TPSA) is 76.7 Å². The van der Waals surface area contributed by atoms with Crippen LogP contribution in [0.4, 0.5) is 5.82 Å². The highest BCUT2D eigenvalue weighted by Crippen LogP contribution is 2.20. The Morgan fingerprint density at radius 2 is 2.06 bits per heavy atom. The maximum absolute atomic E-state index is 5.49. The van der Waals surface area contributed by atoms with Crippen molar-refractivity contribution in [2.24, 2.45) is 5.84 Å². The SMILES string of the molecule is CCc1nc(-c2cc(C)ccn2)nc(NN)c1C. The van der Waals surface area contributed by atoms with E-state index in [0.717, 1.165) is 28.9 Å². The van der Waals surface area contributed by atoms with Gasteiger partial charge in [0.15, 0.2) is 5.82 Å². The highest BCUT2D eigenvalue weighted by molar-refractivity contribution is 5.56. The molecule has 2 rings (SSSR count). The van der Waals surface area contributed by atoms with Crippen molar-refractivity contribution in [1.82, 2.24) is 15.0 Å². The van der Waals surface area contributed by atoms with Crippen molar-refractivity contribution < 1.29 is 0 Å². The Hall–Kier alpha value is -2.01. The molecule has 0 radical (unpaired) electrons. The Morgan fingerprint density at radius 1 is 1.28 bits per heavy atom. The highest BCUT2D eigenvalue weighted by Gasteiger charge is 2.11. The molecule has 0 bridgehead atoms. The molecule has 2 heterocycles. The summed E-state index contributed by atoms with van der Waals surface area (Å²) in [4.78, 5) is 13.2. The fraction of sp³-hybridized carbons (Fsp3) is 0.308. The number of pyridine rings is 1. The van der Waals surface area contributed by atoms with Gasteiger partial charge in [0.25, 0.3) is 0 Å². The number of nitrogens with one attached hydrogen (secondary N) is 1. The van der Waals surface area contributed by atoms with Crippen LogP contribution in [0.25, 0.3) is 11.5 Å². The Labute approximate surface area is 106 Å². The minimum Gasteiger partial charge on any atom is -0.308 e. The van der Waals surface area contributed by atoms with E-state index in [9.17, 15) is 0 Å². The lowest BCUT2D eigenvalue weighted by Crippen LogP contribution is -2.13. The maximum atomic E-state index is 5.49. The fourth-order valence-corrected chi connectivity index (χ4v) is 1.82. The largest absolute Gasteiger partial charge is 0.308 e. The summed E-state index contributed by atoms with van der Waals surface area (Å²) in [6, 6.07) is 3.91. The molecule has 18 heavy (non-hydrogen) atoms. The molecule has 94 valence electrons. The van der Waals surface area contributed by atoms with E-state index in [1.807, 2.05) is 26.0 Å². The molecule has 0 aliphatic heterocycles. The van der Waals surface area contributed by atoms with E-state index in [2.05, 4.69) is 27.3 Å². The van der Waals surface area contributed by atoms with Crippen LogP contribution in [0.15, 0.2) is 18.3 Å². The summed E-state index contributed by atoms with van der Waals surface area (Å²) in [5, 5.41) is 0. The smallest absolute Gasteiger partial charge is 0.180 e. The van der Waals surface area contributed by atoms with Crippen LogP contribution in [-0.2, 0) is 6.42 Å². The summed E-state index contributed by atoms with van der Waals surface area (Å²) in [7, 11) is 0. The number of aromatic nitrogens is 3.